The molecule has 1 aromatic heterocycles. The van der Waals surface area contributed by atoms with Crippen LogP contribution in [0.3, 0.4) is 0 Å². The van der Waals surface area contributed by atoms with E-state index in [0.717, 1.165) is 5.56 Å². The molecule has 0 aliphatic carbocycles. The predicted octanol–water partition coefficient (Wildman–Crippen LogP) is 3.23. The zero-order valence-electron chi connectivity index (χ0n) is 14.6. The van der Waals surface area contributed by atoms with Gasteiger partial charge in [-0.15, -0.1) is 0 Å². The molecule has 0 saturated heterocycles. The Morgan fingerprint density at radius 3 is 2.77 bits per heavy atom. The van der Waals surface area contributed by atoms with Crippen molar-refractivity contribution < 1.29 is 13.9 Å². The molecule has 6 heteroatoms. The number of carbonyl (C=O) groups excluding carboxylic acids is 1. The second kappa shape index (κ2) is 7.93. The van der Waals surface area contributed by atoms with Crippen LogP contribution in [0.2, 0.25) is 0 Å². The average Bonchev–Trinajstić information content (AvgIpc) is 3.06. The van der Waals surface area contributed by atoms with Crippen molar-refractivity contribution in [1.29, 1.82) is 0 Å². The Kier molecular flexibility index (Phi) is 5.43. The van der Waals surface area contributed by atoms with Crippen molar-refractivity contribution in [2.75, 3.05) is 7.11 Å². The van der Waals surface area contributed by atoms with Crippen molar-refractivity contribution in [3.63, 3.8) is 0 Å². The number of hydrogen-bond donors (Lipinski definition) is 1. The van der Waals surface area contributed by atoms with Gasteiger partial charge in [0.25, 0.3) is 5.91 Å². The van der Waals surface area contributed by atoms with Gasteiger partial charge >= 0.3 is 0 Å². The predicted molar refractivity (Wildman–Crippen MR) is 96.1 cm³/mol. The highest BCUT2D eigenvalue weighted by Crippen LogP contribution is 2.22. The van der Waals surface area contributed by atoms with Crippen LogP contribution in [-0.4, -0.2) is 22.6 Å². The minimum Gasteiger partial charge on any atom is -0.380 e. The first-order valence-electron chi connectivity index (χ1n) is 8.20. The van der Waals surface area contributed by atoms with Gasteiger partial charge in [-0.1, -0.05) is 24.3 Å². The molecule has 1 unspecified atom stereocenters. The summed E-state index contributed by atoms with van der Waals surface area (Å²) in [5, 5.41) is 2.96. The van der Waals surface area contributed by atoms with Crippen LogP contribution in [0, 0.1) is 5.82 Å². The number of carbonyl (C=O) groups is 1. The van der Waals surface area contributed by atoms with Crippen LogP contribution in [0.25, 0.3) is 0 Å². The molecule has 1 N–H and O–H groups in total. The number of nitrogens with zero attached hydrogens (tertiary/aromatic N) is 2. The Morgan fingerprint density at radius 1 is 1.27 bits per heavy atom. The van der Waals surface area contributed by atoms with Gasteiger partial charge in [0.2, 0.25) is 0 Å². The van der Waals surface area contributed by atoms with Crippen LogP contribution >= 0.6 is 0 Å². The third kappa shape index (κ3) is 3.97. The normalized spacial score (nSPS) is 12.0. The number of imidazole rings is 1. The number of amides is 1. The zero-order chi connectivity index (χ0) is 18.5. The van der Waals surface area contributed by atoms with Gasteiger partial charge in [0.05, 0.1) is 6.61 Å². The van der Waals surface area contributed by atoms with Crippen molar-refractivity contribution in [1.82, 2.24) is 14.9 Å². The SMILES string of the molecule is COCc1cccc(C(=O)NC(c2cccc(F)c2)c2nccn2C)c1. The maximum atomic E-state index is 13.7. The van der Waals surface area contributed by atoms with Gasteiger partial charge in [-0.2, -0.15) is 0 Å². The summed E-state index contributed by atoms with van der Waals surface area (Å²) in [6, 6.07) is 12.8. The fourth-order valence-corrected chi connectivity index (χ4v) is 2.82. The van der Waals surface area contributed by atoms with Gasteiger partial charge in [0.1, 0.15) is 17.7 Å². The lowest BCUT2D eigenvalue weighted by molar-refractivity contribution is 0.0940. The van der Waals surface area contributed by atoms with Crippen LogP contribution in [-0.2, 0) is 18.4 Å². The molecule has 0 aliphatic rings. The number of aromatic nitrogens is 2. The molecule has 134 valence electrons. The number of nitrogens with one attached hydrogen (secondary N) is 1. The summed E-state index contributed by atoms with van der Waals surface area (Å²) in [6.45, 7) is 0.424. The lowest BCUT2D eigenvalue weighted by Crippen LogP contribution is -2.31. The first-order valence-corrected chi connectivity index (χ1v) is 8.20. The van der Waals surface area contributed by atoms with E-state index in [0.29, 0.717) is 23.6 Å². The van der Waals surface area contributed by atoms with Crippen LogP contribution in [0.5, 0.6) is 0 Å². The van der Waals surface area contributed by atoms with E-state index in [2.05, 4.69) is 10.3 Å². The van der Waals surface area contributed by atoms with Gasteiger partial charge in [-0.05, 0) is 35.4 Å². The average molecular weight is 353 g/mol. The van der Waals surface area contributed by atoms with Gasteiger partial charge < -0.3 is 14.6 Å². The highest BCUT2D eigenvalue weighted by Gasteiger charge is 2.22. The topological polar surface area (TPSA) is 56.1 Å². The first kappa shape index (κ1) is 17.8. The smallest absolute Gasteiger partial charge is 0.252 e. The minimum absolute atomic E-state index is 0.264. The molecular weight excluding hydrogens is 333 g/mol. The van der Waals surface area contributed by atoms with E-state index < -0.39 is 6.04 Å². The Labute approximate surface area is 151 Å². The molecule has 0 fully saturated rings. The number of aryl methyl sites for hydroxylation is 1. The van der Waals surface area contributed by atoms with Crippen LogP contribution in [0.15, 0.2) is 60.9 Å². The molecule has 0 radical (unpaired) electrons. The van der Waals surface area contributed by atoms with E-state index in [9.17, 15) is 9.18 Å². The molecule has 0 saturated carbocycles. The molecule has 26 heavy (non-hydrogen) atoms. The monoisotopic (exact) mass is 353 g/mol. The third-order valence-corrected chi connectivity index (χ3v) is 4.07. The summed E-state index contributed by atoms with van der Waals surface area (Å²) < 4.78 is 20.6. The van der Waals surface area contributed by atoms with Crippen molar-refractivity contribution in [2.24, 2.45) is 7.05 Å². The van der Waals surface area contributed by atoms with E-state index in [1.165, 1.54) is 12.1 Å². The van der Waals surface area contributed by atoms with E-state index >= 15 is 0 Å². The third-order valence-electron chi connectivity index (χ3n) is 4.07. The molecule has 0 aliphatic heterocycles. The number of hydrogen-bond acceptors (Lipinski definition) is 3. The fourth-order valence-electron chi connectivity index (χ4n) is 2.82. The maximum absolute atomic E-state index is 13.7. The van der Waals surface area contributed by atoms with Gasteiger partial charge in [0.15, 0.2) is 0 Å². The standard InChI is InChI=1S/C20H20FN3O2/c1-24-10-9-22-19(24)18(15-6-4-8-17(21)12-15)23-20(25)16-7-3-5-14(11-16)13-26-2/h3-12,18H,13H2,1-2H3,(H,23,25). The van der Waals surface area contributed by atoms with Gasteiger partial charge in [-0.3, -0.25) is 4.79 Å². The summed E-state index contributed by atoms with van der Waals surface area (Å²) in [5.74, 6) is -0.00439. The lowest BCUT2D eigenvalue weighted by atomic mass is 10.0. The number of ether oxygens (including phenoxy) is 1. The van der Waals surface area contributed by atoms with Crippen molar-refractivity contribution in [3.8, 4) is 0 Å². The van der Waals surface area contributed by atoms with Crippen LogP contribution in [0.4, 0.5) is 4.39 Å². The Bertz CT molecular complexity index is 907. The summed E-state index contributed by atoms with van der Waals surface area (Å²) in [6.07, 6.45) is 3.43. The Hall–Kier alpha value is -2.99. The summed E-state index contributed by atoms with van der Waals surface area (Å²) in [5.41, 5.74) is 2.04. The van der Waals surface area contributed by atoms with E-state index in [4.69, 9.17) is 4.74 Å². The van der Waals surface area contributed by atoms with E-state index in [-0.39, 0.29) is 11.7 Å². The number of rotatable bonds is 6. The quantitative estimate of drug-likeness (QED) is 0.740. The van der Waals surface area contributed by atoms with Gasteiger partial charge in [0, 0.05) is 32.1 Å². The molecule has 0 spiro atoms. The van der Waals surface area contributed by atoms with Gasteiger partial charge in [-0.25, -0.2) is 9.37 Å². The van der Waals surface area contributed by atoms with E-state index in [1.54, 1.807) is 54.4 Å². The lowest BCUT2D eigenvalue weighted by Gasteiger charge is -2.19. The number of halogens is 1. The van der Waals surface area contributed by atoms with E-state index in [1.807, 2.05) is 13.1 Å². The molecule has 0 bridgehead atoms. The minimum atomic E-state index is -0.565. The second-order valence-electron chi connectivity index (χ2n) is 5.99. The Morgan fingerprint density at radius 2 is 2.08 bits per heavy atom. The highest BCUT2D eigenvalue weighted by atomic mass is 19.1. The zero-order valence-corrected chi connectivity index (χ0v) is 14.6. The first-order chi connectivity index (χ1) is 12.6. The molecule has 2 aromatic carbocycles. The molecule has 3 rings (SSSR count). The number of benzene rings is 2. The summed E-state index contributed by atoms with van der Waals surface area (Å²) >= 11 is 0. The van der Waals surface area contributed by atoms with Crippen molar-refractivity contribution in [3.05, 3.63) is 89.3 Å². The maximum Gasteiger partial charge on any atom is 0.252 e. The largest absolute Gasteiger partial charge is 0.380 e. The molecular formula is C20H20FN3O2. The number of methoxy groups -OCH3 is 1. The van der Waals surface area contributed by atoms with Crippen LogP contribution < -0.4 is 5.32 Å². The molecule has 1 amide bonds. The molecule has 3 aromatic rings. The van der Waals surface area contributed by atoms with Crippen molar-refractivity contribution >= 4 is 5.91 Å². The molecule has 5 nitrogen and oxygen atoms in total. The summed E-state index contributed by atoms with van der Waals surface area (Å²) in [4.78, 5) is 17.1. The highest BCUT2D eigenvalue weighted by molar-refractivity contribution is 5.94. The van der Waals surface area contributed by atoms with Crippen LogP contribution in [0.1, 0.15) is 33.4 Å². The fraction of sp³-hybridized carbons (Fsp3) is 0.200. The van der Waals surface area contributed by atoms with Crippen molar-refractivity contribution in [2.45, 2.75) is 12.6 Å². The second-order valence-corrected chi connectivity index (χ2v) is 5.99. The molecule has 1 atom stereocenters. The molecule has 1 heterocycles. The Balaban J connectivity index is 1.92. The summed E-state index contributed by atoms with van der Waals surface area (Å²) in [7, 11) is 3.44.